The molecule has 0 aliphatic heterocycles. The van der Waals surface area contributed by atoms with Crippen molar-refractivity contribution in [2.75, 3.05) is 0 Å². The van der Waals surface area contributed by atoms with Crippen LogP contribution in [0.25, 0.3) is 10.2 Å². The highest BCUT2D eigenvalue weighted by atomic mass is 32.2. The highest BCUT2D eigenvalue weighted by Crippen LogP contribution is 2.42. The predicted octanol–water partition coefficient (Wildman–Crippen LogP) is 4.43. The number of aryl methyl sites for hydroxylation is 2. The first-order valence-electron chi connectivity index (χ1n) is 7.04. The molecule has 1 aromatic carbocycles. The van der Waals surface area contributed by atoms with Crippen LogP contribution in [0.3, 0.4) is 0 Å². The van der Waals surface area contributed by atoms with E-state index in [1.54, 1.807) is 23.7 Å². The highest BCUT2D eigenvalue weighted by Gasteiger charge is 2.20. The van der Waals surface area contributed by atoms with Gasteiger partial charge in [0, 0.05) is 10.3 Å². The third-order valence-electron chi connectivity index (χ3n) is 3.79. The average Bonchev–Trinajstić information content (AvgIpc) is 2.89. The molecule has 1 aliphatic carbocycles. The van der Waals surface area contributed by atoms with E-state index >= 15 is 0 Å². The van der Waals surface area contributed by atoms with Crippen molar-refractivity contribution in [2.24, 2.45) is 0 Å². The van der Waals surface area contributed by atoms with Crippen molar-refractivity contribution in [3.63, 3.8) is 0 Å². The second-order valence-corrected chi connectivity index (χ2v) is 7.25. The van der Waals surface area contributed by atoms with E-state index < -0.39 is 0 Å². The zero-order valence-electron chi connectivity index (χ0n) is 11.4. The van der Waals surface area contributed by atoms with E-state index in [1.807, 2.05) is 18.2 Å². The fourth-order valence-electron chi connectivity index (χ4n) is 2.79. The van der Waals surface area contributed by atoms with Crippen LogP contribution in [0, 0.1) is 0 Å². The number of phenols is 1. The van der Waals surface area contributed by atoms with Gasteiger partial charge in [-0.1, -0.05) is 23.9 Å². The first-order chi connectivity index (χ1) is 10.3. The van der Waals surface area contributed by atoms with Gasteiger partial charge in [0.15, 0.2) is 0 Å². The summed E-state index contributed by atoms with van der Waals surface area (Å²) >= 11 is 3.33. The molecule has 4 rings (SSSR count). The lowest BCUT2D eigenvalue weighted by Gasteiger charge is -2.11. The van der Waals surface area contributed by atoms with E-state index in [1.165, 1.54) is 40.4 Å². The maximum Gasteiger partial charge on any atom is 0.129 e. The Morgan fingerprint density at radius 3 is 2.86 bits per heavy atom. The lowest BCUT2D eigenvalue weighted by molar-refractivity contribution is 0.462. The highest BCUT2D eigenvalue weighted by molar-refractivity contribution is 7.99. The number of phenolic OH excluding ortho intramolecular Hbond substituents is 1. The zero-order chi connectivity index (χ0) is 14.2. The molecular weight excluding hydrogens is 300 g/mol. The lowest BCUT2D eigenvalue weighted by Crippen LogP contribution is -1.98. The molecule has 0 unspecified atom stereocenters. The molecule has 21 heavy (non-hydrogen) atoms. The Morgan fingerprint density at radius 2 is 1.95 bits per heavy atom. The lowest BCUT2D eigenvalue weighted by atomic mass is 9.97. The molecule has 0 saturated heterocycles. The Hall–Kier alpha value is -1.59. The second-order valence-electron chi connectivity index (χ2n) is 5.14. The van der Waals surface area contributed by atoms with Crippen molar-refractivity contribution in [1.82, 2.24) is 9.97 Å². The summed E-state index contributed by atoms with van der Waals surface area (Å²) < 4.78 is 0. The molecule has 2 aromatic heterocycles. The minimum Gasteiger partial charge on any atom is -0.507 e. The van der Waals surface area contributed by atoms with Gasteiger partial charge in [0.1, 0.15) is 21.9 Å². The maximum absolute atomic E-state index is 9.97. The summed E-state index contributed by atoms with van der Waals surface area (Å²) in [5.74, 6) is 0.304. The average molecular weight is 314 g/mol. The van der Waals surface area contributed by atoms with Crippen molar-refractivity contribution in [2.45, 2.75) is 35.6 Å². The molecule has 0 radical (unpaired) electrons. The number of hydrogen-bond donors (Lipinski definition) is 1. The summed E-state index contributed by atoms with van der Waals surface area (Å²) in [5.41, 5.74) is 1.43. The molecule has 106 valence electrons. The van der Waals surface area contributed by atoms with Gasteiger partial charge in [0.05, 0.1) is 4.90 Å². The van der Waals surface area contributed by atoms with Crippen LogP contribution in [0.15, 0.2) is 40.5 Å². The number of aromatic hydroxyl groups is 1. The number of nitrogens with zero attached hydrogens (tertiary/aromatic N) is 2. The van der Waals surface area contributed by atoms with Gasteiger partial charge in [0.2, 0.25) is 0 Å². The van der Waals surface area contributed by atoms with Gasteiger partial charge >= 0.3 is 0 Å². The van der Waals surface area contributed by atoms with Gasteiger partial charge in [-0.2, -0.15) is 0 Å². The summed E-state index contributed by atoms with van der Waals surface area (Å²) in [6.07, 6.45) is 6.43. The van der Waals surface area contributed by atoms with Crippen LogP contribution >= 0.6 is 23.1 Å². The molecule has 1 N–H and O–H groups in total. The van der Waals surface area contributed by atoms with Crippen LogP contribution in [-0.2, 0) is 12.8 Å². The van der Waals surface area contributed by atoms with E-state index in [2.05, 4.69) is 9.97 Å². The second kappa shape index (κ2) is 5.31. The molecule has 5 heteroatoms. The smallest absolute Gasteiger partial charge is 0.129 e. The van der Waals surface area contributed by atoms with Gasteiger partial charge in [-0.05, 0) is 43.4 Å². The van der Waals surface area contributed by atoms with Crippen molar-refractivity contribution in [1.29, 1.82) is 0 Å². The van der Waals surface area contributed by atoms with Crippen LogP contribution in [0.1, 0.15) is 23.3 Å². The first kappa shape index (κ1) is 13.1. The van der Waals surface area contributed by atoms with Gasteiger partial charge in [-0.3, -0.25) is 0 Å². The summed E-state index contributed by atoms with van der Waals surface area (Å²) in [4.78, 5) is 12.3. The molecule has 3 aromatic rings. The van der Waals surface area contributed by atoms with E-state index in [0.29, 0.717) is 5.75 Å². The van der Waals surface area contributed by atoms with Crippen LogP contribution in [0.2, 0.25) is 0 Å². The standard InChI is InChI=1S/C16H14N2OS2/c19-11-6-2-4-8-13(11)21-16-14-10-5-1-3-7-12(10)20-15(14)17-9-18-16/h2,4,6,8-9,19H,1,3,5,7H2. The van der Waals surface area contributed by atoms with Crippen LogP contribution in [0.4, 0.5) is 0 Å². The SMILES string of the molecule is Oc1ccccc1Sc1ncnc2sc3c(c12)CCCC3. The van der Waals surface area contributed by atoms with Gasteiger partial charge < -0.3 is 5.11 Å². The number of para-hydroxylation sites is 1. The van der Waals surface area contributed by atoms with E-state index in [-0.39, 0.29) is 0 Å². The van der Waals surface area contributed by atoms with Crippen LogP contribution < -0.4 is 0 Å². The van der Waals surface area contributed by atoms with E-state index in [4.69, 9.17) is 0 Å². The molecular formula is C16H14N2OS2. The monoisotopic (exact) mass is 314 g/mol. The quantitative estimate of drug-likeness (QED) is 0.711. The molecule has 0 fully saturated rings. The summed E-state index contributed by atoms with van der Waals surface area (Å²) in [5, 5.41) is 12.1. The summed E-state index contributed by atoms with van der Waals surface area (Å²) in [6, 6.07) is 7.40. The third kappa shape index (κ3) is 2.30. The molecule has 0 saturated carbocycles. The molecule has 0 spiro atoms. The van der Waals surface area contributed by atoms with Gasteiger partial charge in [0.25, 0.3) is 0 Å². The number of rotatable bonds is 2. The molecule has 2 heterocycles. The fraction of sp³-hybridized carbons (Fsp3) is 0.250. The number of thiophene rings is 1. The van der Waals surface area contributed by atoms with Crippen LogP contribution in [-0.4, -0.2) is 15.1 Å². The molecule has 1 aliphatic rings. The zero-order valence-corrected chi connectivity index (χ0v) is 13.0. The molecule has 0 atom stereocenters. The molecule has 0 amide bonds. The minimum atomic E-state index is 0.304. The largest absolute Gasteiger partial charge is 0.507 e. The van der Waals surface area contributed by atoms with Crippen molar-refractivity contribution >= 4 is 33.3 Å². The van der Waals surface area contributed by atoms with Crippen LogP contribution in [0.5, 0.6) is 5.75 Å². The Bertz CT molecular complexity index is 813. The molecule has 3 nitrogen and oxygen atoms in total. The van der Waals surface area contributed by atoms with E-state index in [0.717, 1.165) is 27.6 Å². The Kier molecular flexibility index (Phi) is 3.31. The van der Waals surface area contributed by atoms with Gasteiger partial charge in [-0.15, -0.1) is 11.3 Å². The first-order valence-corrected chi connectivity index (χ1v) is 8.67. The molecule has 0 bridgehead atoms. The van der Waals surface area contributed by atoms with Crippen molar-refractivity contribution < 1.29 is 5.11 Å². The van der Waals surface area contributed by atoms with E-state index in [9.17, 15) is 5.11 Å². The third-order valence-corrected chi connectivity index (χ3v) is 6.06. The summed E-state index contributed by atoms with van der Waals surface area (Å²) in [6.45, 7) is 0. The summed E-state index contributed by atoms with van der Waals surface area (Å²) in [7, 11) is 0. The maximum atomic E-state index is 9.97. The minimum absolute atomic E-state index is 0.304. The predicted molar refractivity (Wildman–Crippen MR) is 86.3 cm³/mol. The number of hydrogen-bond acceptors (Lipinski definition) is 5. The van der Waals surface area contributed by atoms with Crippen molar-refractivity contribution in [3.05, 3.63) is 41.0 Å². The number of benzene rings is 1. The number of aromatic nitrogens is 2. The number of fused-ring (bicyclic) bond motifs is 3. The normalized spacial score (nSPS) is 14.3. The van der Waals surface area contributed by atoms with Gasteiger partial charge in [-0.25, -0.2) is 9.97 Å². The Labute approximate surface area is 131 Å². The Balaban J connectivity index is 1.85. The van der Waals surface area contributed by atoms with Crippen molar-refractivity contribution in [3.8, 4) is 5.75 Å². The fourth-order valence-corrected chi connectivity index (χ4v) is 5.03. The topological polar surface area (TPSA) is 46.0 Å². The Morgan fingerprint density at radius 1 is 1.10 bits per heavy atom.